The van der Waals surface area contributed by atoms with E-state index in [9.17, 15) is 4.39 Å². The molecule has 0 aromatic carbocycles. The van der Waals surface area contributed by atoms with Gasteiger partial charge in [-0.25, -0.2) is 4.39 Å². The molecule has 0 fully saturated rings. The van der Waals surface area contributed by atoms with Gasteiger partial charge in [0.25, 0.3) is 0 Å². The van der Waals surface area contributed by atoms with Crippen LogP contribution in [0, 0.1) is 18.3 Å². The summed E-state index contributed by atoms with van der Waals surface area (Å²) in [5, 5.41) is 7.87. The van der Waals surface area contributed by atoms with Crippen LogP contribution in [0.5, 0.6) is 0 Å². The summed E-state index contributed by atoms with van der Waals surface area (Å²) in [5.41, 5.74) is 0. The van der Waals surface area contributed by atoms with Gasteiger partial charge < -0.3 is 0 Å². The van der Waals surface area contributed by atoms with Crippen LogP contribution >= 0.6 is 0 Å². The first-order valence-electron chi connectivity index (χ1n) is 2.11. The first-order valence-corrected chi connectivity index (χ1v) is 2.11. The zero-order valence-electron chi connectivity index (χ0n) is 4.02. The number of hydrogen-bond donors (Lipinski definition) is 0. The number of rotatable bonds is 2. The molecule has 2 heteroatoms. The van der Waals surface area contributed by atoms with Gasteiger partial charge in [0.15, 0.2) is 0 Å². The molecule has 0 aromatic rings. The molecule has 0 heterocycles. The van der Waals surface area contributed by atoms with Gasteiger partial charge in [-0.1, -0.05) is 0 Å². The van der Waals surface area contributed by atoms with E-state index in [2.05, 4.69) is 6.92 Å². The molecular formula is C5H7FN. The highest BCUT2D eigenvalue weighted by molar-refractivity contribution is 4.72. The Bertz CT molecular complexity index is 72.6. The van der Waals surface area contributed by atoms with Crippen LogP contribution in [0.4, 0.5) is 4.39 Å². The van der Waals surface area contributed by atoms with Crippen molar-refractivity contribution in [1.82, 2.24) is 0 Å². The highest BCUT2D eigenvalue weighted by Gasteiger charge is 1.93. The van der Waals surface area contributed by atoms with Crippen molar-refractivity contribution in [2.45, 2.75) is 19.0 Å². The van der Waals surface area contributed by atoms with Crippen LogP contribution in [-0.2, 0) is 0 Å². The summed E-state index contributed by atoms with van der Waals surface area (Å²) in [6.45, 7) is 3.06. The molecule has 1 nitrogen and oxygen atoms in total. The molecule has 0 saturated heterocycles. The maximum atomic E-state index is 11.6. The third kappa shape index (κ3) is 5.42. The lowest BCUT2D eigenvalue weighted by atomic mass is 10.2. The van der Waals surface area contributed by atoms with Gasteiger partial charge in [0, 0.05) is 6.42 Å². The number of nitrogens with zero attached hydrogens (tertiary/aromatic N) is 1. The molecule has 0 aromatic heterocycles. The minimum atomic E-state index is -1.07. The van der Waals surface area contributed by atoms with Gasteiger partial charge in [-0.3, -0.25) is 0 Å². The van der Waals surface area contributed by atoms with E-state index in [-0.39, 0.29) is 12.8 Å². The molecule has 0 bridgehead atoms. The summed E-state index contributed by atoms with van der Waals surface area (Å²) >= 11 is 0. The summed E-state index contributed by atoms with van der Waals surface area (Å²) in [4.78, 5) is 0. The lowest BCUT2D eigenvalue weighted by molar-refractivity contribution is 0.379. The fraction of sp³-hybridized carbons (Fsp3) is 0.600. The van der Waals surface area contributed by atoms with Crippen molar-refractivity contribution < 1.29 is 4.39 Å². The second-order valence-corrected chi connectivity index (χ2v) is 1.29. The number of nitriles is 1. The van der Waals surface area contributed by atoms with E-state index in [1.54, 1.807) is 0 Å². The van der Waals surface area contributed by atoms with Gasteiger partial charge >= 0.3 is 0 Å². The van der Waals surface area contributed by atoms with Crippen molar-refractivity contribution in [3.63, 3.8) is 0 Å². The fourth-order valence-electron chi connectivity index (χ4n) is 0.221. The van der Waals surface area contributed by atoms with Gasteiger partial charge in [0.2, 0.25) is 0 Å². The molecule has 0 N–H and O–H groups in total. The van der Waals surface area contributed by atoms with Gasteiger partial charge in [0.05, 0.1) is 6.07 Å². The average molecular weight is 100 g/mol. The van der Waals surface area contributed by atoms with Gasteiger partial charge in [-0.05, 0) is 13.3 Å². The van der Waals surface area contributed by atoms with Crippen molar-refractivity contribution in [2.24, 2.45) is 0 Å². The topological polar surface area (TPSA) is 23.8 Å². The summed E-state index contributed by atoms with van der Waals surface area (Å²) in [6, 6.07) is 1.82. The first kappa shape index (κ1) is 6.42. The van der Waals surface area contributed by atoms with Crippen molar-refractivity contribution in [2.75, 3.05) is 0 Å². The van der Waals surface area contributed by atoms with Crippen molar-refractivity contribution in [1.29, 1.82) is 5.26 Å². The van der Waals surface area contributed by atoms with Crippen molar-refractivity contribution in [3.05, 3.63) is 6.92 Å². The fourth-order valence-corrected chi connectivity index (χ4v) is 0.221. The smallest absolute Gasteiger partial charge is 0.101 e. The lowest BCUT2D eigenvalue weighted by Crippen LogP contribution is -1.89. The van der Waals surface area contributed by atoms with Crippen LogP contribution in [0.3, 0.4) is 0 Å². The molecule has 0 aliphatic rings. The normalized spacial score (nSPS) is 12.7. The first-order chi connectivity index (χ1) is 3.27. The number of hydrogen-bond acceptors (Lipinski definition) is 1. The Hall–Kier alpha value is -0.580. The van der Waals surface area contributed by atoms with Crippen LogP contribution in [0.25, 0.3) is 0 Å². The Labute approximate surface area is 42.8 Å². The van der Waals surface area contributed by atoms with Crippen molar-refractivity contribution in [3.8, 4) is 6.07 Å². The van der Waals surface area contributed by atoms with Crippen LogP contribution in [-0.4, -0.2) is 6.17 Å². The maximum Gasteiger partial charge on any atom is 0.101 e. The van der Waals surface area contributed by atoms with Gasteiger partial charge in [-0.2, -0.15) is 5.26 Å². The molecule has 1 atom stereocenters. The predicted octanol–water partition coefficient (Wildman–Crippen LogP) is 1.46. The van der Waals surface area contributed by atoms with E-state index < -0.39 is 6.17 Å². The molecule has 1 unspecified atom stereocenters. The van der Waals surface area contributed by atoms with Crippen LogP contribution < -0.4 is 0 Å². The molecule has 1 radical (unpaired) electrons. The monoisotopic (exact) mass is 100 g/mol. The van der Waals surface area contributed by atoms with Gasteiger partial charge in [0.1, 0.15) is 6.17 Å². The average Bonchev–Trinajstić information content (AvgIpc) is 1.61. The molecule has 0 amide bonds. The number of alkyl halides is 1. The Morgan fingerprint density at radius 2 is 2.43 bits per heavy atom. The van der Waals surface area contributed by atoms with E-state index in [0.717, 1.165) is 0 Å². The van der Waals surface area contributed by atoms with Gasteiger partial charge in [-0.15, -0.1) is 0 Å². The third-order valence-electron chi connectivity index (χ3n) is 0.569. The summed E-state index contributed by atoms with van der Waals surface area (Å²) in [6.07, 6.45) is -0.541. The standard InChI is InChI=1S/C5H7FN/c1-5(6)3-2-4-7/h5H,1-3H2. The Morgan fingerprint density at radius 1 is 1.86 bits per heavy atom. The molecule has 0 saturated carbocycles. The zero-order chi connectivity index (χ0) is 5.70. The molecule has 0 aliphatic heterocycles. The third-order valence-corrected chi connectivity index (χ3v) is 0.569. The molecular weight excluding hydrogens is 93.1 g/mol. The van der Waals surface area contributed by atoms with E-state index in [1.807, 2.05) is 6.07 Å². The highest BCUT2D eigenvalue weighted by Crippen LogP contribution is 1.96. The maximum absolute atomic E-state index is 11.6. The highest BCUT2D eigenvalue weighted by atomic mass is 19.1. The van der Waals surface area contributed by atoms with Crippen LogP contribution in [0.1, 0.15) is 12.8 Å². The Balaban J connectivity index is 2.86. The second-order valence-electron chi connectivity index (χ2n) is 1.29. The Morgan fingerprint density at radius 3 is 2.57 bits per heavy atom. The quantitative estimate of drug-likeness (QED) is 0.515. The molecule has 0 spiro atoms. The molecule has 0 rings (SSSR count). The molecule has 39 valence electrons. The van der Waals surface area contributed by atoms with Crippen molar-refractivity contribution >= 4 is 0 Å². The lowest BCUT2D eigenvalue weighted by Gasteiger charge is -1.90. The van der Waals surface area contributed by atoms with E-state index >= 15 is 0 Å². The minimum Gasteiger partial charge on any atom is -0.247 e. The zero-order valence-corrected chi connectivity index (χ0v) is 4.02. The molecule has 7 heavy (non-hydrogen) atoms. The van der Waals surface area contributed by atoms with Crippen LogP contribution in [0.15, 0.2) is 0 Å². The SMILES string of the molecule is [CH2]C(F)CCC#N. The largest absolute Gasteiger partial charge is 0.247 e. The number of halogens is 1. The predicted molar refractivity (Wildman–Crippen MR) is 25.1 cm³/mol. The van der Waals surface area contributed by atoms with Crippen LogP contribution in [0.2, 0.25) is 0 Å². The second kappa shape index (κ2) is 3.60. The Kier molecular flexibility index (Phi) is 3.31. The summed E-state index contributed by atoms with van der Waals surface area (Å²) in [5.74, 6) is 0. The van der Waals surface area contributed by atoms with E-state index in [1.165, 1.54) is 0 Å². The molecule has 0 aliphatic carbocycles. The summed E-state index contributed by atoms with van der Waals surface area (Å²) < 4.78 is 11.6. The minimum absolute atomic E-state index is 0.260. The van der Waals surface area contributed by atoms with E-state index in [0.29, 0.717) is 0 Å². The van der Waals surface area contributed by atoms with E-state index in [4.69, 9.17) is 5.26 Å². The summed E-state index contributed by atoms with van der Waals surface area (Å²) in [7, 11) is 0.